The summed E-state index contributed by atoms with van der Waals surface area (Å²) in [6, 6.07) is 3.20. The number of fused-ring (bicyclic) bond motifs is 1. The van der Waals surface area contributed by atoms with Gasteiger partial charge in [0.1, 0.15) is 11.8 Å². The van der Waals surface area contributed by atoms with Crippen LogP contribution in [0.1, 0.15) is 38.5 Å². The number of nitrogens with zero attached hydrogens (tertiary/aromatic N) is 2. The van der Waals surface area contributed by atoms with E-state index in [1.54, 1.807) is 4.90 Å². The Hall–Kier alpha value is -2.40. The lowest BCUT2D eigenvalue weighted by Crippen LogP contribution is -2.51. The highest BCUT2D eigenvalue weighted by atomic mass is 32.1. The van der Waals surface area contributed by atoms with Crippen LogP contribution in [-0.2, 0) is 9.59 Å². The first kappa shape index (κ1) is 21.8. The number of ether oxygens (including phenoxy) is 1. The summed E-state index contributed by atoms with van der Waals surface area (Å²) >= 11 is 1.05. The molecule has 1 aromatic heterocycles. The molecule has 3 N–H and O–H groups in total. The highest BCUT2D eigenvalue weighted by Crippen LogP contribution is 2.40. The maximum absolute atomic E-state index is 13.2. The lowest BCUT2D eigenvalue weighted by atomic mass is 9.84. The topological polar surface area (TPSA) is 97.6 Å². The Kier molecular flexibility index (Phi) is 5.82. The van der Waals surface area contributed by atoms with Crippen LogP contribution < -0.4 is 15.8 Å². The van der Waals surface area contributed by atoms with Crippen molar-refractivity contribution in [3.8, 4) is 5.75 Å². The molecule has 31 heavy (non-hydrogen) atoms. The highest BCUT2D eigenvalue weighted by molar-refractivity contribution is 7.22. The van der Waals surface area contributed by atoms with Crippen molar-refractivity contribution in [3.63, 3.8) is 0 Å². The molecular formula is C20H23F3N4O3S. The van der Waals surface area contributed by atoms with Gasteiger partial charge >= 0.3 is 6.36 Å². The summed E-state index contributed by atoms with van der Waals surface area (Å²) in [5.41, 5.74) is 5.81. The Labute approximate surface area is 180 Å². The molecule has 2 fully saturated rings. The van der Waals surface area contributed by atoms with E-state index in [0.717, 1.165) is 43.4 Å². The van der Waals surface area contributed by atoms with Gasteiger partial charge in [-0.05, 0) is 37.8 Å². The maximum atomic E-state index is 13.2. The number of nitrogens with two attached hydrogens (primary N) is 1. The van der Waals surface area contributed by atoms with E-state index in [1.165, 1.54) is 18.2 Å². The van der Waals surface area contributed by atoms with Crippen molar-refractivity contribution in [2.45, 2.75) is 50.9 Å². The normalized spacial score (nSPS) is 20.9. The quantitative estimate of drug-likeness (QED) is 0.716. The number of hydrogen-bond acceptors (Lipinski definition) is 6. The average Bonchev–Trinajstić information content (AvgIpc) is 3.44. The molecule has 1 atom stereocenters. The predicted octanol–water partition coefficient (Wildman–Crippen LogP) is 3.64. The number of hydrogen-bond donors (Lipinski definition) is 2. The molecule has 2 heterocycles. The molecule has 1 aromatic carbocycles. The smallest absolute Gasteiger partial charge is 0.406 e. The van der Waals surface area contributed by atoms with E-state index in [0.29, 0.717) is 23.2 Å². The number of anilines is 1. The molecule has 0 spiro atoms. The summed E-state index contributed by atoms with van der Waals surface area (Å²) in [6.07, 6.45) is -0.108. The second-order valence-corrected chi connectivity index (χ2v) is 9.06. The zero-order valence-electron chi connectivity index (χ0n) is 16.7. The van der Waals surface area contributed by atoms with Gasteiger partial charge in [-0.15, -0.1) is 13.2 Å². The number of aromatic nitrogens is 1. The fourth-order valence-corrected chi connectivity index (χ4v) is 5.39. The Balaban J connectivity index is 1.48. The summed E-state index contributed by atoms with van der Waals surface area (Å²) < 4.78 is 41.7. The van der Waals surface area contributed by atoms with E-state index in [2.05, 4.69) is 15.0 Å². The minimum absolute atomic E-state index is 0.0524. The van der Waals surface area contributed by atoms with E-state index in [4.69, 9.17) is 5.73 Å². The lowest BCUT2D eigenvalue weighted by molar-refractivity contribution is -0.274. The molecule has 1 saturated heterocycles. The second-order valence-electron chi connectivity index (χ2n) is 8.03. The average molecular weight is 456 g/mol. The van der Waals surface area contributed by atoms with Crippen LogP contribution in [0.25, 0.3) is 10.2 Å². The molecule has 0 unspecified atom stereocenters. The summed E-state index contributed by atoms with van der Waals surface area (Å²) in [4.78, 5) is 32.0. The van der Waals surface area contributed by atoms with Gasteiger partial charge in [0.05, 0.1) is 15.6 Å². The first-order chi connectivity index (χ1) is 14.7. The highest BCUT2D eigenvalue weighted by Gasteiger charge is 2.46. The van der Waals surface area contributed by atoms with Crippen molar-refractivity contribution in [1.29, 1.82) is 0 Å². The zero-order chi connectivity index (χ0) is 22.2. The van der Waals surface area contributed by atoms with E-state index < -0.39 is 17.8 Å². The molecular weight excluding hydrogens is 433 g/mol. The fourth-order valence-electron chi connectivity index (χ4n) is 4.49. The number of rotatable bonds is 5. The Morgan fingerprint density at radius 3 is 2.71 bits per heavy atom. The maximum Gasteiger partial charge on any atom is 0.573 e. The first-order valence-electron chi connectivity index (χ1n) is 10.2. The van der Waals surface area contributed by atoms with E-state index in [1.807, 2.05) is 0 Å². The molecule has 4 rings (SSSR count). The molecule has 2 amide bonds. The molecule has 1 saturated carbocycles. The predicted molar refractivity (Wildman–Crippen MR) is 110 cm³/mol. The van der Waals surface area contributed by atoms with Gasteiger partial charge in [-0.2, -0.15) is 0 Å². The number of thiazole rings is 1. The van der Waals surface area contributed by atoms with Gasteiger partial charge in [-0.25, -0.2) is 4.98 Å². The van der Waals surface area contributed by atoms with Gasteiger partial charge in [-0.3, -0.25) is 9.59 Å². The van der Waals surface area contributed by atoms with Crippen molar-refractivity contribution in [2.75, 3.05) is 18.4 Å². The van der Waals surface area contributed by atoms with Crippen molar-refractivity contribution in [2.24, 2.45) is 11.1 Å². The van der Waals surface area contributed by atoms with Crippen LogP contribution >= 0.6 is 11.3 Å². The van der Waals surface area contributed by atoms with Gasteiger partial charge in [0, 0.05) is 19.2 Å². The molecule has 0 radical (unpaired) electrons. The second kappa shape index (κ2) is 8.27. The molecule has 1 aliphatic carbocycles. The zero-order valence-corrected chi connectivity index (χ0v) is 17.5. The minimum atomic E-state index is -4.78. The van der Waals surface area contributed by atoms with Crippen LogP contribution in [0.3, 0.4) is 0 Å². The fraction of sp³-hybridized carbons (Fsp3) is 0.550. The SMILES string of the molecule is NCC1(C(=O)N2CCC[C@H]2C(=O)Nc2nc3ccc(OC(F)(F)F)cc3s2)CCCC1. The number of amides is 2. The standard InChI is InChI=1S/C20H23F3N4O3S/c21-20(22,23)30-12-5-6-13-15(10-12)31-18(25-13)26-16(28)14-4-3-9-27(14)17(29)19(11-24)7-1-2-8-19/h5-6,10,14H,1-4,7-9,11,24H2,(H,25,26,28)/t14-/m0/s1. The lowest BCUT2D eigenvalue weighted by Gasteiger charge is -2.34. The van der Waals surface area contributed by atoms with Gasteiger partial charge in [0.2, 0.25) is 11.8 Å². The van der Waals surface area contributed by atoms with Crippen LogP contribution in [0.4, 0.5) is 18.3 Å². The summed E-state index contributed by atoms with van der Waals surface area (Å²) in [7, 11) is 0. The van der Waals surface area contributed by atoms with Crippen molar-refractivity contribution >= 4 is 38.5 Å². The number of alkyl halides is 3. The van der Waals surface area contributed by atoms with Crippen LogP contribution in [0, 0.1) is 5.41 Å². The summed E-state index contributed by atoms with van der Waals surface area (Å²) in [6.45, 7) is 0.785. The Morgan fingerprint density at radius 2 is 2.03 bits per heavy atom. The third-order valence-electron chi connectivity index (χ3n) is 6.04. The number of likely N-dealkylation sites (tertiary alicyclic amines) is 1. The van der Waals surface area contributed by atoms with Crippen molar-refractivity contribution in [3.05, 3.63) is 18.2 Å². The van der Waals surface area contributed by atoms with Gasteiger partial charge in [0.15, 0.2) is 5.13 Å². The number of carbonyl (C=O) groups is 2. The first-order valence-corrected chi connectivity index (χ1v) is 11.0. The van der Waals surface area contributed by atoms with Crippen molar-refractivity contribution in [1.82, 2.24) is 9.88 Å². The number of benzene rings is 1. The molecule has 11 heteroatoms. The Bertz CT molecular complexity index is 988. The number of halogens is 3. The molecule has 168 valence electrons. The number of carbonyl (C=O) groups excluding carboxylic acids is 2. The van der Waals surface area contributed by atoms with Gasteiger partial charge in [-0.1, -0.05) is 24.2 Å². The largest absolute Gasteiger partial charge is 0.573 e. The Morgan fingerprint density at radius 1 is 1.29 bits per heavy atom. The molecule has 0 bridgehead atoms. The van der Waals surface area contributed by atoms with Crippen molar-refractivity contribution < 1.29 is 27.5 Å². The van der Waals surface area contributed by atoms with Crippen LogP contribution in [0.2, 0.25) is 0 Å². The van der Waals surface area contributed by atoms with Gasteiger partial charge < -0.3 is 20.7 Å². The number of nitrogens with one attached hydrogen (secondary N) is 1. The molecule has 7 nitrogen and oxygen atoms in total. The molecule has 2 aliphatic rings. The third kappa shape index (κ3) is 4.47. The van der Waals surface area contributed by atoms with E-state index in [-0.39, 0.29) is 29.2 Å². The summed E-state index contributed by atoms with van der Waals surface area (Å²) in [5, 5.41) is 2.99. The van der Waals surface area contributed by atoms with E-state index in [9.17, 15) is 22.8 Å². The van der Waals surface area contributed by atoms with Crippen LogP contribution in [0.5, 0.6) is 5.75 Å². The molecule has 2 aromatic rings. The third-order valence-corrected chi connectivity index (χ3v) is 6.98. The monoisotopic (exact) mass is 456 g/mol. The van der Waals surface area contributed by atoms with Gasteiger partial charge in [0.25, 0.3) is 0 Å². The van der Waals surface area contributed by atoms with E-state index >= 15 is 0 Å². The van der Waals surface area contributed by atoms with Crippen LogP contribution in [0.15, 0.2) is 18.2 Å². The molecule has 1 aliphatic heterocycles. The minimum Gasteiger partial charge on any atom is -0.406 e. The van der Waals surface area contributed by atoms with Crippen LogP contribution in [-0.4, -0.2) is 47.2 Å². The summed E-state index contributed by atoms with van der Waals surface area (Å²) in [5.74, 6) is -0.747.